The minimum Gasteiger partial charge on any atom is -0.495 e. The lowest BCUT2D eigenvalue weighted by molar-refractivity contribution is -0.132. The molecule has 0 unspecified atom stereocenters. The molecular weight excluding hydrogens is 418 g/mol. The number of nitrogens with one attached hydrogen (secondary N) is 2. The first kappa shape index (κ1) is 22.7. The fraction of sp³-hybridized carbons (Fsp3) is 0.391. The molecule has 1 saturated heterocycles. The standard InChI is InChI=1S/C23H28ClN3O4/c1-23(21(28)25-15-16-7-5-4-6-8-16)9-11-27(12-10-23)22(29)26-18-13-17(24)19(30-2)14-20(18)31-3/h4-8,13-14H,9-12,15H2,1-3H3,(H,25,28)(H,26,29). The van der Waals surface area contributed by atoms with Crippen LogP contribution in [0.2, 0.25) is 5.02 Å². The topological polar surface area (TPSA) is 79.9 Å². The van der Waals surface area contributed by atoms with Gasteiger partial charge in [0.15, 0.2) is 0 Å². The van der Waals surface area contributed by atoms with Crippen LogP contribution in [0.4, 0.5) is 10.5 Å². The number of carbonyl (C=O) groups excluding carboxylic acids is 2. The lowest BCUT2D eigenvalue weighted by Crippen LogP contribution is -2.49. The molecule has 0 atom stereocenters. The molecular formula is C23H28ClN3O4. The van der Waals surface area contributed by atoms with Crippen molar-refractivity contribution in [2.24, 2.45) is 5.41 Å². The van der Waals surface area contributed by atoms with Gasteiger partial charge in [-0.3, -0.25) is 4.79 Å². The summed E-state index contributed by atoms with van der Waals surface area (Å²) >= 11 is 6.18. The molecule has 0 bridgehead atoms. The monoisotopic (exact) mass is 445 g/mol. The first-order chi connectivity index (χ1) is 14.9. The van der Waals surface area contributed by atoms with Gasteiger partial charge in [-0.2, -0.15) is 0 Å². The van der Waals surface area contributed by atoms with Crippen molar-refractivity contribution in [2.45, 2.75) is 26.3 Å². The molecule has 2 aromatic carbocycles. The number of amides is 3. The van der Waals surface area contributed by atoms with Gasteiger partial charge in [0.2, 0.25) is 5.91 Å². The highest BCUT2D eigenvalue weighted by Crippen LogP contribution is 2.36. The lowest BCUT2D eigenvalue weighted by Gasteiger charge is -2.38. The van der Waals surface area contributed by atoms with Gasteiger partial charge in [0, 0.05) is 31.1 Å². The van der Waals surface area contributed by atoms with Crippen LogP contribution in [0.3, 0.4) is 0 Å². The molecule has 8 heteroatoms. The van der Waals surface area contributed by atoms with E-state index in [1.165, 1.54) is 14.2 Å². The van der Waals surface area contributed by atoms with Gasteiger partial charge in [-0.15, -0.1) is 0 Å². The minimum absolute atomic E-state index is 0.0139. The Hall–Kier alpha value is -2.93. The third-order valence-corrected chi connectivity index (χ3v) is 6.01. The number of urea groups is 1. The van der Waals surface area contributed by atoms with E-state index in [0.717, 1.165) is 5.56 Å². The summed E-state index contributed by atoms with van der Waals surface area (Å²) in [6, 6.07) is 12.8. The minimum atomic E-state index is -0.507. The zero-order chi connectivity index (χ0) is 22.4. The molecule has 0 radical (unpaired) electrons. The van der Waals surface area contributed by atoms with E-state index in [1.54, 1.807) is 17.0 Å². The highest BCUT2D eigenvalue weighted by atomic mass is 35.5. The number of rotatable bonds is 6. The molecule has 3 rings (SSSR count). The van der Waals surface area contributed by atoms with Crippen molar-refractivity contribution in [1.29, 1.82) is 0 Å². The van der Waals surface area contributed by atoms with E-state index in [-0.39, 0.29) is 11.9 Å². The first-order valence-corrected chi connectivity index (χ1v) is 10.5. The number of halogens is 1. The number of ether oxygens (including phenoxy) is 2. The summed E-state index contributed by atoms with van der Waals surface area (Å²) in [7, 11) is 3.03. The van der Waals surface area contributed by atoms with Gasteiger partial charge in [0.05, 0.1) is 24.9 Å². The number of benzene rings is 2. The molecule has 3 amide bonds. The van der Waals surface area contributed by atoms with Gasteiger partial charge in [-0.05, 0) is 24.5 Å². The lowest BCUT2D eigenvalue weighted by atomic mass is 9.79. The highest BCUT2D eigenvalue weighted by Gasteiger charge is 2.38. The van der Waals surface area contributed by atoms with Crippen LogP contribution >= 0.6 is 11.6 Å². The Bertz CT molecular complexity index is 928. The van der Waals surface area contributed by atoms with Gasteiger partial charge >= 0.3 is 6.03 Å². The summed E-state index contributed by atoms with van der Waals surface area (Å²) in [5.74, 6) is 0.934. The number of methoxy groups -OCH3 is 2. The average molecular weight is 446 g/mol. The largest absolute Gasteiger partial charge is 0.495 e. The molecule has 2 N–H and O–H groups in total. The molecule has 0 aromatic heterocycles. The summed E-state index contributed by atoms with van der Waals surface area (Å²) in [6.07, 6.45) is 1.17. The number of hydrogen-bond acceptors (Lipinski definition) is 4. The molecule has 2 aromatic rings. The van der Waals surface area contributed by atoms with Crippen molar-refractivity contribution in [3.05, 3.63) is 53.1 Å². The predicted octanol–water partition coefficient (Wildman–Crippen LogP) is 4.31. The molecule has 1 aliphatic rings. The average Bonchev–Trinajstić information content (AvgIpc) is 2.78. The second-order valence-electron chi connectivity index (χ2n) is 7.83. The Morgan fingerprint density at radius 2 is 1.71 bits per heavy atom. The maximum absolute atomic E-state index is 12.8. The summed E-state index contributed by atoms with van der Waals surface area (Å²) in [6.45, 7) is 3.41. The molecule has 31 heavy (non-hydrogen) atoms. The number of piperidine rings is 1. The summed E-state index contributed by atoms with van der Waals surface area (Å²) < 4.78 is 10.5. The van der Waals surface area contributed by atoms with E-state index >= 15 is 0 Å². The Morgan fingerprint density at radius 3 is 2.32 bits per heavy atom. The second kappa shape index (κ2) is 9.92. The zero-order valence-electron chi connectivity index (χ0n) is 18.0. The second-order valence-corrected chi connectivity index (χ2v) is 8.24. The van der Waals surface area contributed by atoms with Crippen LogP contribution in [-0.2, 0) is 11.3 Å². The zero-order valence-corrected chi connectivity index (χ0v) is 18.8. The molecule has 166 valence electrons. The Balaban J connectivity index is 1.57. The highest BCUT2D eigenvalue weighted by molar-refractivity contribution is 6.32. The molecule has 1 fully saturated rings. The van der Waals surface area contributed by atoms with Gasteiger partial charge in [0.25, 0.3) is 0 Å². The van der Waals surface area contributed by atoms with Gasteiger partial charge in [-0.1, -0.05) is 48.9 Å². The SMILES string of the molecule is COc1cc(OC)c(NC(=O)N2CCC(C)(C(=O)NCc3ccccc3)CC2)cc1Cl. The predicted molar refractivity (Wildman–Crippen MR) is 121 cm³/mol. The molecule has 0 aliphatic carbocycles. The maximum atomic E-state index is 12.8. The van der Waals surface area contributed by atoms with Crippen molar-refractivity contribution >= 4 is 29.2 Å². The maximum Gasteiger partial charge on any atom is 0.321 e. The van der Waals surface area contributed by atoms with E-state index < -0.39 is 5.41 Å². The van der Waals surface area contributed by atoms with Crippen LogP contribution in [0.15, 0.2) is 42.5 Å². The van der Waals surface area contributed by atoms with E-state index in [9.17, 15) is 9.59 Å². The van der Waals surface area contributed by atoms with Gasteiger partial charge < -0.3 is 25.0 Å². The summed E-state index contributed by atoms with van der Waals surface area (Å²) in [4.78, 5) is 27.2. The number of carbonyl (C=O) groups is 2. The number of anilines is 1. The number of nitrogens with zero attached hydrogens (tertiary/aromatic N) is 1. The van der Waals surface area contributed by atoms with Crippen molar-refractivity contribution in [1.82, 2.24) is 10.2 Å². The van der Waals surface area contributed by atoms with Crippen LogP contribution < -0.4 is 20.1 Å². The fourth-order valence-corrected chi connectivity index (χ4v) is 3.81. The van der Waals surface area contributed by atoms with Crippen molar-refractivity contribution in [3.8, 4) is 11.5 Å². The number of likely N-dealkylation sites (tertiary alicyclic amines) is 1. The summed E-state index contributed by atoms with van der Waals surface area (Å²) in [5, 5.41) is 6.25. The Morgan fingerprint density at radius 1 is 1.06 bits per heavy atom. The molecule has 7 nitrogen and oxygen atoms in total. The third kappa shape index (κ3) is 5.41. The smallest absolute Gasteiger partial charge is 0.321 e. The molecule has 0 spiro atoms. The van der Waals surface area contributed by atoms with Gasteiger partial charge in [0.1, 0.15) is 11.5 Å². The van der Waals surface area contributed by atoms with E-state index in [1.807, 2.05) is 37.3 Å². The van der Waals surface area contributed by atoms with Crippen LogP contribution in [0.1, 0.15) is 25.3 Å². The summed E-state index contributed by atoms with van der Waals surface area (Å²) in [5.41, 5.74) is 1.02. The van der Waals surface area contributed by atoms with Gasteiger partial charge in [-0.25, -0.2) is 4.79 Å². The quantitative estimate of drug-likeness (QED) is 0.694. The Labute approximate surface area is 187 Å². The molecule has 1 aliphatic heterocycles. The van der Waals surface area contributed by atoms with Crippen molar-refractivity contribution < 1.29 is 19.1 Å². The number of hydrogen-bond donors (Lipinski definition) is 2. The van der Waals surface area contributed by atoms with Crippen molar-refractivity contribution in [2.75, 3.05) is 32.6 Å². The molecule has 1 heterocycles. The molecule has 0 saturated carbocycles. The van der Waals surface area contributed by atoms with Crippen LogP contribution in [0.5, 0.6) is 11.5 Å². The van der Waals surface area contributed by atoms with Crippen LogP contribution in [0.25, 0.3) is 0 Å². The van der Waals surface area contributed by atoms with E-state index in [4.69, 9.17) is 21.1 Å². The Kier molecular flexibility index (Phi) is 7.28. The van der Waals surface area contributed by atoms with Crippen LogP contribution in [0, 0.1) is 5.41 Å². The third-order valence-electron chi connectivity index (χ3n) is 5.71. The first-order valence-electron chi connectivity index (χ1n) is 10.2. The van der Waals surface area contributed by atoms with Crippen LogP contribution in [-0.4, -0.2) is 44.1 Å². The fourth-order valence-electron chi connectivity index (χ4n) is 3.57. The van der Waals surface area contributed by atoms with E-state index in [2.05, 4.69) is 10.6 Å². The normalized spacial score (nSPS) is 15.2. The van der Waals surface area contributed by atoms with E-state index in [0.29, 0.717) is 54.7 Å². The van der Waals surface area contributed by atoms with Crippen molar-refractivity contribution in [3.63, 3.8) is 0 Å².